The Morgan fingerprint density at radius 1 is 1.06 bits per heavy atom. The van der Waals surface area contributed by atoms with Gasteiger partial charge in [0, 0.05) is 25.3 Å². The minimum absolute atomic E-state index is 0.390. The molecule has 2 rings (SSSR count). The molecule has 1 amide bonds. The Balaban J connectivity index is 2.57. The number of benzene rings is 2. The van der Waals surface area contributed by atoms with E-state index in [-0.39, 0.29) is 0 Å². The zero-order valence-electron chi connectivity index (χ0n) is 9.40. The fourth-order valence-corrected chi connectivity index (χ4v) is 1.66. The minimum atomic E-state index is -0.390. The highest BCUT2D eigenvalue weighted by Gasteiger charge is 2.02. The molecule has 0 aliphatic heterocycles. The molecule has 82 valence electrons. The van der Waals surface area contributed by atoms with Crippen molar-refractivity contribution in [2.24, 2.45) is 5.73 Å². The summed E-state index contributed by atoms with van der Waals surface area (Å²) in [5, 5.41) is 2.14. The van der Waals surface area contributed by atoms with E-state index in [1.807, 2.05) is 43.3 Å². The number of nitrogens with zero attached hydrogens (tertiary/aromatic N) is 1. The fraction of sp³-hybridized carbons (Fsp3) is 0.154. The van der Waals surface area contributed by atoms with E-state index < -0.39 is 5.91 Å². The molecule has 0 atom stereocenters. The minimum Gasteiger partial charge on any atom is -0.378 e. The maximum Gasteiger partial charge on any atom is 0.248 e. The van der Waals surface area contributed by atoms with E-state index in [2.05, 4.69) is 6.07 Å². The van der Waals surface area contributed by atoms with Crippen LogP contribution in [0.3, 0.4) is 0 Å². The number of fused-ring (bicyclic) bond motifs is 1. The predicted octanol–water partition coefficient (Wildman–Crippen LogP) is 2.00. The van der Waals surface area contributed by atoms with Crippen LogP contribution in [0.15, 0.2) is 36.4 Å². The van der Waals surface area contributed by atoms with Gasteiger partial charge in [0.25, 0.3) is 0 Å². The Bertz CT molecular complexity index is 547. The molecule has 16 heavy (non-hydrogen) atoms. The van der Waals surface area contributed by atoms with Crippen molar-refractivity contribution in [3.63, 3.8) is 0 Å². The number of carbonyl (C=O) groups excluding carboxylic acids is 1. The van der Waals surface area contributed by atoms with Crippen molar-refractivity contribution in [2.45, 2.75) is 0 Å². The smallest absolute Gasteiger partial charge is 0.248 e. The third-order valence-electron chi connectivity index (χ3n) is 2.62. The van der Waals surface area contributed by atoms with Crippen LogP contribution in [-0.4, -0.2) is 20.0 Å². The average molecular weight is 214 g/mol. The number of amides is 1. The molecule has 3 nitrogen and oxygen atoms in total. The summed E-state index contributed by atoms with van der Waals surface area (Å²) in [6, 6.07) is 11.6. The first-order valence-electron chi connectivity index (χ1n) is 5.09. The van der Waals surface area contributed by atoms with Crippen LogP contribution in [0, 0.1) is 0 Å². The van der Waals surface area contributed by atoms with Crippen LogP contribution in [0.4, 0.5) is 5.69 Å². The van der Waals surface area contributed by atoms with Gasteiger partial charge in [-0.3, -0.25) is 4.79 Å². The number of carbonyl (C=O) groups is 1. The lowest BCUT2D eigenvalue weighted by Gasteiger charge is -2.13. The highest BCUT2D eigenvalue weighted by molar-refractivity contribution is 5.98. The van der Waals surface area contributed by atoms with Gasteiger partial charge >= 0.3 is 0 Å². The molecule has 0 heterocycles. The standard InChI is InChI=1S/C13H14N2O/c1-15(2)12-6-5-9-7-11(13(14)16)4-3-10(9)8-12/h3-8H,1-2H3,(H2,14,16). The summed E-state index contributed by atoms with van der Waals surface area (Å²) in [5.74, 6) is -0.390. The first-order valence-corrected chi connectivity index (χ1v) is 5.09. The third-order valence-corrected chi connectivity index (χ3v) is 2.62. The summed E-state index contributed by atoms with van der Waals surface area (Å²) >= 11 is 0. The van der Waals surface area contributed by atoms with Gasteiger partial charge in [-0.05, 0) is 35.0 Å². The summed E-state index contributed by atoms with van der Waals surface area (Å²) < 4.78 is 0. The molecule has 0 unspecified atom stereocenters. The maximum atomic E-state index is 11.0. The van der Waals surface area contributed by atoms with E-state index in [4.69, 9.17) is 5.73 Å². The molecule has 0 aromatic heterocycles. The molecule has 0 saturated heterocycles. The van der Waals surface area contributed by atoms with Crippen molar-refractivity contribution in [3.8, 4) is 0 Å². The molecule has 0 aliphatic rings. The second-order valence-electron chi connectivity index (χ2n) is 4.00. The normalized spacial score (nSPS) is 10.4. The van der Waals surface area contributed by atoms with Crippen molar-refractivity contribution in [1.29, 1.82) is 0 Å². The Labute approximate surface area is 94.5 Å². The molecule has 2 aromatic rings. The van der Waals surface area contributed by atoms with Crippen LogP contribution in [-0.2, 0) is 0 Å². The highest BCUT2D eigenvalue weighted by atomic mass is 16.1. The van der Waals surface area contributed by atoms with Crippen LogP contribution in [0.1, 0.15) is 10.4 Å². The number of primary amides is 1. The number of hydrogen-bond donors (Lipinski definition) is 1. The highest BCUT2D eigenvalue weighted by Crippen LogP contribution is 2.21. The van der Waals surface area contributed by atoms with Crippen molar-refractivity contribution in [2.75, 3.05) is 19.0 Å². The summed E-state index contributed by atoms with van der Waals surface area (Å²) in [5.41, 5.74) is 6.92. The number of anilines is 1. The predicted molar refractivity (Wildman–Crippen MR) is 66.8 cm³/mol. The van der Waals surface area contributed by atoms with Gasteiger partial charge in [0.05, 0.1) is 0 Å². The Hall–Kier alpha value is -2.03. The van der Waals surface area contributed by atoms with E-state index >= 15 is 0 Å². The van der Waals surface area contributed by atoms with Crippen molar-refractivity contribution < 1.29 is 4.79 Å². The van der Waals surface area contributed by atoms with E-state index in [1.54, 1.807) is 6.07 Å². The van der Waals surface area contributed by atoms with Crippen LogP contribution in [0.2, 0.25) is 0 Å². The topological polar surface area (TPSA) is 46.3 Å². The number of nitrogens with two attached hydrogens (primary N) is 1. The lowest BCUT2D eigenvalue weighted by molar-refractivity contribution is 0.100. The molecule has 0 radical (unpaired) electrons. The van der Waals surface area contributed by atoms with Gasteiger partial charge in [-0.15, -0.1) is 0 Å². The largest absolute Gasteiger partial charge is 0.378 e. The zero-order chi connectivity index (χ0) is 11.7. The van der Waals surface area contributed by atoms with Crippen LogP contribution >= 0.6 is 0 Å². The first-order chi connectivity index (χ1) is 7.58. The quantitative estimate of drug-likeness (QED) is 0.831. The molecular weight excluding hydrogens is 200 g/mol. The Morgan fingerprint density at radius 2 is 1.69 bits per heavy atom. The van der Waals surface area contributed by atoms with Gasteiger partial charge in [0.1, 0.15) is 0 Å². The molecule has 2 aromatic carbocycles. The van der Waals surface area contributed by atoms with Gasteiger partial charge < -0.3 is 10.6 Å². The monoisotopic (exact) mass is 214 g/mol. The van der Waals surface area contributed by atoms with E-state index in [9.17, 15) is 4.79 Å². The lowest BCUT2D eigenvalue weighted by atomic mass is 10.1. The number of hydrogen-bond acceptors (Lipinski definition) is 2. The summed E-state index contributed by atoms with van der Waals surface area (Å²) in [4.78, 5) is 13.1. The van der Waals surface area contributed by atoms with Gasteiger partial charge in [-0.2, -0.15) is 0 Å². The molecule has 3 heteroatoms. The van der Waals surface area contributed by atoms with Crippen LogP contribution < -0.4 is 10.6 Å². The summed E-state index contributed by atoms with van der Waals surface area (Å²) in [6.07, 6.45) is 0. The van der Waals surface area contributed by atoms with Crippen molar-refractivity contribution >= 4 is 22.4 Å². The zero-order valence-corrected chi connectivity index (χ0v) is 9.40. The molecule has 0 fully saturated rings. The second kappa shape index (κ2) is 3.85. The lowest BCUT2D eigenvalue weighted by Crippen LogP contribution is -2.10. The van der Waals surface area contributed by atoms with Gasteiger partial charge in [0.2, 0.25) is 5.91 Å². The third kappa shape index (κ3) is 1.84. The molecule has 0 spiro atoms. The summed E-state index contributed by atoms with van der Waals surface area (Å²) in [7, 11) is 4.00. The molecular formula is C13H14N2O. The maximum absolute atomic E-state index is 11.0. The van der Waals surface area contributed by atoms with Gasteiger partial charge in [0.15, 0.2) is 0 Å². The van der Waals surface area contributed by atoms with Crippen LogP contribution in [0.5, 0.6) is 0 Å². The fourth-order valence-electron chi connectivity index (χ4n) is 1.66. The Kier molecular flexibility index (Phi) is 2.52. The van der Waals surface area contributed by atoms with E-state index in [1.165, 1.54) is 0 Å². The SMILES string of the molecule is CN(C)c1ccc2cc(C(N)=O)ccc2c1. The van der Waals surface area contributed by atoms with E-state index in [0.717, 1.165) is 16.5 Å². The summed E-state index contributed by atoms with van der Waals surface area (Å²) in [6.45, 7) is 0. The van der Waals surface area contributed by atoms with Crippen molar-refractivity contribution in [1.82, 2.24) is 0 Å². The Morgan fingerprint density at radius 3 is 2.31 bits per heavy atom. The number of rotatable bonds is 2. The average Bonchev–Trinajstić information content (AvgIpc) is 2.27. The second-order valence-corrected chi connectivity index (χ2v) is 4.00. The van der Waals surface area contributed by atoms with Gasteiger partial charge in [-0.25, -0.2) is 0 Å². The molecule has 0 aliphatic carbocycles. The molecule has 0 bridgehead atoms. The molecule has 0 saturated carbocycles. The first kappa shape index (κ1) is 10.5. The van der Waals surface area contributed by atoms with Crippen LogP contribution in [0.25, 0.3) is 10.8 Å². The van der Waals surface area contributed by atoms with E-state index in [0.29, 0.717) is 5.56 Å². The van der Waals surface area contributed by atoms with Gasteiger partial charge in [-0.1, -0.05) is 12.1 Å². The molecule has 2 N–H and O–H groups in total. The van der Waals surface area contributed by atoms with Crippen molar-refractivity contribution in [3.05, 3.63) is 42.0 Å².